The van der Waals surface area contributed by atoms with E-state index >= 15 is 0 Å². The molecule has 0 radical (unpaired) electrons. The zero-order valence-corrected chi connectivity index (χ0v) is 14.8. The van der Waals surface area contributed by atoms with Gasteiger partial charge in [-0.15, -0.1) is 0 Å². The van der Waals surface area contributed by atoms with Gasteiger partial charge in [0.2, 0.25) is 18.6 Å². The summed E-state index contributed by atoms with van der Waals surface area (Å²) in [7, 11) is 0. The molecule has 0 spiro atoms. The van der Waals surface area contributed by atoms with Gasteiger partial charge in [-0.05, 0) is 51.2 Å². The van der Waals surface area contributed by atoms with Crippen molar-refractivity contribution in [3.8, 4) is 11.5 Å². The standard InChI is InChI=1S/C19H26N2O4/c1-3-12(2)20-18(22)13-4-6-14(7-5-13)19(23)21-15-8-9-16-17(10-15)25-11-24-16/h8-10,12-14H,3-7,11H2,1-2H3,(H,20,22)(H,21,23). The maximum atomic E-state index is 12.5. The number of carbonyl (C=O) groups is 2. The van der Waals surface area contributed by atoms with E-state index in [0.29, 0.717) is 17.2 Å². The zero-order chi connectivity index (χ0) is 17.8. The Hall–Kier alpha value is -2.24. The van der Waals surface area contributed by atoms with Crippen molar-refractivity contribution < 1.29 is 19.1 Å². The fraction of sp³-hybridized carbons (Fsp3) is 0.579. The smallest absolute Gasteiger partial charge is 0.231 e. The Morgan fingerprint density at radius 3 is 2.40 bits per heavy atom. The van der Waals surface area contributed by atoms with Crippen molar-refractivity contribution >= 4 is 17.5 Å². The first kappa shape index (κ1) is 17.6. The Morgan fingerprint density at radius 1 is 1.08 bits per heavy atom. The Labute approximate surface area is 148 Å². The highest BCUT2D eigenvalue weighted by molar-refractivity contribution is 5.93. The van der Waals surface area contributed by atoms with Crippen LogP contribution in [0.1, 0.15) is 46.0 Å². The highest BCUT2D eigenvalue weighted by atomic mass is 16.7. The number of carbonyl (C=O) groups excluding carboxylic acids is 2. The molecule has 2 N–H and O–H groups in total. The van der Waals surface area contributed by atoms with Gasteiger partial charge >= 0.3 is 0 Å². The fourth-order valence-corrected chi connectivity index (χ4v) is 3.30. The Bertz CT molecular complexity index is 638. The first-order chi connectivity index (χ1) is 12.1. The number of hydrogen-bond donors (Lipinski definition) is 2. The third kappa shape index (κ3) is 4.24. The summed E-state index contributed by atoms with van der Waals surface area (Å²) in [6.07, 6.45) is 3.95. The minimum absolute atomic E-state index is 0.0136. The van der Waals surface area contributed by atoms with Crippen LogP contribution in [0.5, 0.6) is 11.5 Å². The summed E-state index contributed by atoms with van der Waals surface area (Å²) >= 11 is 0. The van der Waals surface area contributed by atoms with Crippen LogP contribution in [0.15, 0.2) is 18.2 Å². The molecule has 25 heavy (non-hydrogen) atoms. The summed E-state index contributed by atoms with van der Waals surface area (Å²) in [4.78, 5) is 24.7. The van der Waals surface area contributed by atoms with Crippen LogP contribution in [0.4, 0.5) is 5.69 Å². The molecular weight excluding hydrogens is 320 g/mol. The average molecular weight is 346 g/mol. The molecule has 0 saturated heterocycles. The molecule has 1 heterocycles. The summed E-state index contributed by atoms with van der Waals surface area (Å²) in [6.45, 7) is 4.29. The van der Waals surface area contributed by atoms with E-state index in [1.165, 1.54) is 0 Å². The topological polar surface area (TPSA) is 76.7 Å². The van der Waals surface area contributed by atoms with E-state index in [9.17, 15) is 9.59 Å². The lowest BCUT2D eigenvalue weighted by Crippen LogP contribution is -2.39. The number of rotatable bonds is 5. The van der Waals surface area contributed by atoms with E-state index in [2.05, 4.69) is 17.6 Å². The molecule has 0 aromatic heterocycles. The summed E-state index contributed by atoms with van der Waals surface area (Å²) in [6, 6.07) is 5.61. The summed E-state index contributed by atoms with van der Waals surface area (Å²) in [5.41, 5.74) is 0.714. The largest absolute Gasteiger partial charge is 0.454 e. The maximum Gasteiger partial charge on any atom is 0.231 e. The van der Waals surface area contributed by atoms with Gasteiger partial charge in [-0.25, -0.2) is 0 Å². The second-order valence-electron chi connectivity index (χ2n) is 6.92. The number of amides is 2. The maximum absolute atomic E-state index is 12.5. The van der Waals surface area contributed by atoms with Crippen LogP contribution in [0.2, 0.25) is 0 Å². The predicted octanol–water partition coefficient (Wildman–Crippen LogP) is 3.07. The Balaban J connectivity index is 1.49. The molecule has 1 aliphatic carbocycles. The van der Waals surface area contributed by atoms with Crippen LogP contribution in [0.25, 0.3) is 0 Å². The first-order valence-electron chi connectivity index (χ1n) is 9.07. The SMILES string of the molecule is CCC(C)NC(=O)C1CCC(C(=O)Nc2ccc3c(c2)OCO3)CC1. The van der Waals surface area contributed by atoms with Crippen molar-refractivity contribution in [1.29, 1.82) is 0 Å². The van der Waals surface area contributed by atoms with Gasteiger partial charge in [0.05, 0.1) is 0 Å². The van der Waals surface area contributed by atoms with E-state index < -0.39 is 0 Å². The van der Waals surface area contributed by atoms with Gasteiger partial charge in [0.15, 0.2) is 11.5 Å². The van der Waals surface area contributed by atoms with Gasteiger partial charge in [-0.3, -0.25) is 9.59 Å². The van der Waals surface area contributed by atoms with Crippen LogP contribution in [0.3, 0.4) is 0 Å². The summed E-state index contributed by atoms with van der Waals surface area (Å²) < 4.78 is 10.6. The van der Waals surface area contributed by atoms with Crippen molar-refractivity contribution in [2.45, 2.75) is 52.0 Å². The number of nitrogens with one attached hydrogen (secondary N) is 2. The van der Waals surface area contributed by atoms with E-state index in [1.54, 1.807) is 12.1 Å². The number of anilines is 1. The molecule has 6 nitrogen and oxygen atoms in total. The lowest BCUT2D eigenvalue weighted by atomic mass is 9.81. The number of hydrogen-bond acceptors (Lipinski definition) is 4. The molecular formula is C19H26N2O4. The Kier molecular flexibility index (Phi) is 5.46. The van der Waals surface area contributed by atoms with Crippen molar-refractivity contribution in [2.75, 3.05) is 12.1 Å². The molecule has 1 aromatic carbocycles. The molecule has 2 aliphatic rings. The van der Waals surface area contributed by atoms with Gasteiger partial charge in [0.25, 0.3) is 0 Å². The van der Waals surface area contributed by atoms with Gasteiger partial charge in [-0.2, -0.15) is 0 Å². The Morgan fingerprint density at radius 2 is 1.72 bits per heavy atom. The molecule has 1 atom stereocenters. The minimum atomic E-state index is -0.0435. The molecule has 0 bridgehead atoms. The van der Waals surface area contributed by atoms with Crippen LogP contribution in [0, 0.1) is 11.8 Å². The molecule has 1 aliphatic heterocycles. The van der Waals surface area contributed by atoms with Crippen molar-refractivity contribution in [3.05, 3.63) is 18.2 Å². The second-order valence-corrected chi connectivity index (χ2v) is 6.92. The van der Waals surface area contributed by atoms with Gasteiger partial charge < -0.3 is 20.1 Å². The van der Waals surface area contributed by atoms with E-state index in [0.717, 1.165) is 32.1 Å². The minimum Gasteiger partial charge on any atom is -0.454 e. The highest BCUT2D eigenvalue weighted by Crippen LogP contribution is 2.35. The molecule has 1 saturated carbocycles. The van der Waals surface area contributed by atoms with E-state index in [1.807, 2.05) is 13.0 Å². The van der Waals surface area contributed by atoms with E-state index in [-0.39, 0.29) is 36.5 Å². The predicted molar refractivity (Wildman–Crippen MR) is 94.5 cm³/mol. The monoisotopic (exact) mass is 346 g/mol. The average Bonchev–Trinajstić information content (AvgIpc) is 3.09. The molecule has 1 aromatic rings. The molecule has 2 amide bonds. The number of ether oxygens (including phenoxy) is 2. The van der Waals surface area contributed by atoms with Crippen molar-refractivity contribution in [2.24, 2.45) is 11.8 Å². The third-order valence-corrected chi connectivity index (χ3v) is 5.11. The van der Waals surface area contributed by atoms with Gasteiger partial charge in [-0.1, -0.05) is 6.92 Å². The van der Waals surface area contributed by atoms with Gasteiger partial charge in [0.1, 0.15) is 0 Å². The molecule has 3 rings (SSSR count). The highest BCUT2D eigenvalue weighted by Gasteiger charge is 2.30. The molecule has 1 fully saturated rings. The molecule has 136 valence electrons. The van der Waals surface area contributed by atoms with Crippen molar-refractivity contribution in [1.82, 2.24) is 5.32 Å². The van der Waals surface area contributed by atoms with Crippen LogP contribution in [-0.2, 0) is 9.59 Å². The normalized spacial score (nSPS) is 23.0. The molecule has 1 unspecified atom stereocenters. The first-order valence-corrected chi connectivity index (χ1v) is 9.07. The van der Waals surface area contributed by atoms with Crippen LogP contribution in [-0.4, -0.2) is 24.6 Å². The zero-order valence-electron chi connectivity index (χ0n) is 14.8. The van der Waals surface area contributed by atoms with E-state index in [4.69, 9.17) is 9.47 Å². The fourth-order valence-electron chi connectivity index (χ4n) is 3.30. The van der Waals surface area contributed by atoms with Crippen LogP contribution >= 0.6 is 0 Å². The lowest BCUT2D eigenvalue weighted by Gasteiger charge is -2.28. The number of benzene rings is 1. The summed E-state index contributed by atoms with van der Waals surface area (Å²) in [5.74, 6) is 1.49. The van der Waals surface area contributed by atoms with Crippen LogP contribution < -0.4 is 20.1 Å². The molecule has 6 heteroatoms. The quantitative estimate of drug-likeness (QED) is 0.859. The lowest BCUT2D eigenvalue weighted by molar-refractivity contribution is -0.129. The third-order valence-electron chi connectivity index (χ3n) is 5.11. The second kappa shape index (κ2) is 7.76. The summed E-state index contributed by atoms with van der Waals surface area (Å²) in [5, 5.41) is 5.99. The number of fused-ring (bicyclic) bond motifs is 1. The van der Waals surface area contributed by atoms with Gasteiger partial charge in [0, 0.05) is 29.6 Å². The van der Waals surface area contributed by atoms with Crippen molar-refractivity contribution in [3.63, 3.8) is 0 Å².